The maximum Gasteiger partial charge on any atom is 0.264 e. The van der Waals surface area contributed by atoms with Crippen molar-refractivity contribution in [3.8, 4) is 5.75 Å². The van der Waals surface area contributed by atoms with E-state index in [2.05, 4.69) is 9.71 Å². The summed E-state index contributed by atoms with van der Waals surface area (Å²) in [6.07, 6.45) is 0.625. The molecule has 128 valence electrons. The number of sulfonamides is 1. The van der Waals surface area contributed by atoms with Crippen molar-refractivity contribution in [1.82, 2.24) is 4.72 Å². The second kappa shape index (κ2) is 7.78. The lowest BCUT2D eigenvalue weighted by molar-refractivity contribution is 0.385. The van der Waals surface area contributed by atoms with Gasteiger partial charge in [-0.25, -0.2) is 17.5 Å². The average molecular weight is 351 g/mol. The van der Waals surface area contributed by atoms with Crippen LogP contribution < -0.4 is 15.2 Å². The van der Waals surface area contributed by atoms with Crippen LogP contribution in [0, 0.1) is 5.82 Å². The van der Waals surface area contributed by atoms with Gasteiger partial charge in [0.15, 0.2) is 11.6 Å². The number of benzene rings is 2. The summed E-state index contributed by atoms with van der Waals surface area (Å²) < 4.78 is 44.8. The zero-order valence-corrected chi connectivity index (χ0v) is 13.9. The maximum absolute atomic E-state index is 13.6. The molecule has 0 amide bonds. The molecule has 0 bridgehead atoms. The fourth-order valence-corrected chi connectivity index (χ4v) is 2.96. The standard InChI is InChI=1S/C16H18FN3O3S/c1-23-15-8-7-13(11-14(15)17)24(21,22)20-16(18)19-10-9-12-5-3-2-4-6-12/h2-8,11H,9-10H2,1H3,(H3,18,19,20). The van der Waals surface area contributed by atoms with Gasteiger partial charge in [0.2, 0.25) is 5.96 Å². The lowest BCUT2D eigenvalue weighted by Crippen LogP contribution is -2.37. The minimum Gasteiger partial charge on any atom is -0.494 e. The van der Waals surface area contributed by atoms with Crippen molar-refractivity contribution >= 4 is 16.0 Å². The number of hydrogen-bond donors (Lipinski definition) is 2. The van der Waals surface area contributed by atoms with Gasteiger partial charge in [0.05, 0.1) is 12.0 Å². The average Bonchev–Trinajstić information content (AvgIpc) is 2.55. The second-order valence-electron chi connectivity index (χ2n) is 4.90. The summed E-state index contributed by atoms with van der Waals surface area (Å²) in [6.45, 7) is 0.329. The van der Waals surface area contributed by atoms with Crippen molar-refractivity contribution in [2.24, 2.45) is 10.7 Å². The molecule has 0 atom stereocenters. The summed E-state index contributed by atoms with van der Waals surface area (Å²) in [7, 11) is -2.71. The van der Waals surface area contributed by atoms with Crippen molar-refractivity contribution < 1.29 is 17.5 Å². The molecule has 0 heterocycles. The highest BCUT2D eigenvalue weighted by Gasteiger charge is 2.17. The van der Waals surface area contributed by atoms with Gasteiger partial charge in [-0.3, -0.25) is 4.99 Å². The lowest BCUT2D eigenvalue weighted by atomic mass is 10.2. The first-order chi connectivity index (χ1) is 11.4. The van der Waals surface area contributed by atoms with Crippen LogP contribution in [0.4, 0.5) is 4.39 Å². The molecular weight excluding hydrogens is 333 g/mol. The van der Waals surface area contributed by atoms with Gasteiger partial charge in [-0.1, -0.05) is 30.3 Å². The zero-order chi connectivity index (χ0) is 17.6. The number of hydrogen-bond acceptors (Lipinski definition) is 4. The van der Waals surface area contributed by atoms with E-state index in [0.29, 0.717) is 13.0 Å². The highest BCUT2D eigenvalue weighted by molar-refractivity contribution is 7.90. The first-order valence-corrected chi connectivity index (χ1v) is 8.61. The van der Waals surface area contributed by atoms with Gasteiger partial charge < -0.3 is 10.5 Å². The molecule has 0 saturated carbocycles. The molecule has 0 aliphatic rings. The minimum absolute atomic E-state index is 0.0431. The number of methoxy groups -OCH3 is 1. The van der Waals surface area contributed by atoms with Crippen LogP contribution in [-0.2, 0) is 16.4 Å². The number of nitrogens with zero attached hydrogens (tertiary/aromatic N) is 1. The van der Waals surface area contributed by atoms with Gasteiger partial charge in [0, 0.05) is 6.54 Å². The fraction of sp³-hybridized carbons (Fsp3) is 0.188. The quantitative estimate of drug-likeness (QED) is 0.611. The van der Waals surface area contributed by atoms with Crippen molar-refractivity contribution in [3.63, 3.8) is 0 Å². The molecule has 24 heavy (non-hydrogen) atoms. The van der Waals surface area contributed by atoms with E-state index in [4.69, 9.17) is 10.5 Å². The van der Waals surface area contributed by atoms with Crippen LogP contribution in [0.15, 0.2) is 58.4 Å². The largest absolute Gasteiger partial charge is 0.494 e. The highest BCUT2D eigenvalue weighted by atomic mass is 32.2. The fourth-order valence-electron chi connectivity index (χ4n) is 1.99. The van der Waals surface area contributed by atoms with Gasteiger partial charge in [-0.2, -0.15) is 0 Å². The summed E-state index contributed by atoms with van der Waals surface area (Å²) in [5, 5.41) is 0. The van der Waals surface area contributed by atoms with Gasteiger partial charge >= 0.3 is 0 Å². The van der Waals surface area contributed by atoms with E-state index in [9.17, 15) is 12.8 Å². The Balaban J connectivity index is 2.02. The number of nitrogens with two attached hydrogens (primary N) is 1. The number of halogens is 1. The molecule has 2 rings (SSSR count). The Morgan fingerprint density at radius 1 is 1.25 bits per heavy atom. The third kappa shape index (κ3) is 4.69. The number of aliphatic imine (C=N–C) groups is 1. The lowest BCUT2D eigenvalue weighted by Gasteiger charge is -2.09. The van der Waals surface area contributed by atoms with Crippen molar-refractivity contribution in [3.05, 3.63) is 59.9 Å². The summed E-state index contributed by atoms with van der Waals surface area (Å²) in [5.74, 6) is -1.07. The van der Waals surface area contributed by atoms with Gasteiger partial charge in [-0.05, 0) is 30.2 Å². The van der Waals surface area contributed by atoms with E-state index in [-0.39, 0.29) is 16.6 Å². The normalized spacial score (nSPS) is 12.0. The smallest absolute Gasteiger partial charge is 0.264 e. The SMILES string of the molecule is COc1ccc(S(=O)(=O)NC(N)=NCCc2ccccc2)cc1F. The molecule has 0 unspecified atom stereocenters. The van der Waals surface area contributed by atoms with Gasteiger partial charge in [-0.15, -0.1) is 0 Å². The Hall–Kier alpha value is -2.61. The van der Waals surface area contributed by atoms with E-state index >= 15 is 0 Å². The molecule has 0 saturated heterocycles. The van der Waals surface area contributed by atoms with Crippen molar-refractivity contribution in [2.75, 3.05) is 13.7 Å². The van der Waals surface area contributed by atoms with Gasteiger partial charge in [0.1, 0.15) is 0 Å². The molecule has 0 radical (unpaired) electrons. The molecule has 0 aliphatic heterocycles. The van der Waals surface area contributed by atoms with Crippen LogP contribution in [0.5, 0.6) is 5.75 Å². The molecule has 3 N–H and O–H groups in total. The van der Waals surface area contributed by atoms with Crippen molar-refractivity contribution in [1.29, 1.82) is 0 Å². The highest BCUT2D eigenvalue weighted by Crippen LogP contribution is 2.20. The van der Waals surface area contributed by atoms with E-state index in [1.54, 1.807) is 0 Å². The first-order valence-electron chi connectivity index (χ1n) is 7.12. The van der Waals surface area contributed by atoms with Crippen LogP contribution >= 0.6 is 0 Å². The molecule has 2 aromatic carbocycles. The van der Waals surface area contributed by atoms with Crippen LogP contribution in [0.3, 0.4) is 0 Å². The van der Waals surface area contributed by atoms with Crippen LogP contribution in [0.1, 0.15) is 5.56 Å². The predicted molar refractivity (Wildman–Crippen MR) is 89.9 cm³/mol. The number of ether oxygens (including phenoxy) is 1. The topological polar surface area (TPSA) is 93.8 Å². The van der Waals surface area contributed by atoms with Crippen LogP contribution in [0.2, 0.25) is 0 Å². The second-order valence-corrected chi connectivity index (χ2v) is 6.59. The summed E-state index contributed by atoms with van der Waals surface area (Å²) in [4.78, 5) is 3.71. The Kier molecular flexibility index (Phi) is 5.75. The molecule has 0 aliphatic carbocycles. The summed E-state index contributed by atoms with van der Waals surface area (Å²) in [6, 6.07) is 12.9. The number of guanidine groups is 1. The van der Waals surface area contributed by atoms with Crippen LogP contribution in [-0.4, -0.2) is 28.0 Å². The van der Waals surface area contributed by atoms with Crippen LogP contribution in [0.25, 0.3) is 0 Å². The Labute approximate surface area is 140 Å². The number of nitrogens with one attached hydrogen (secondary N) is 1. The molecule has 8 heteroatoms. The van der Waals surface area contributed by atoms with E-state index in [0.717, 1.165) is 11.6 Å². The third-order valence-corrected chi connectivity index (χ3v) is 4.55. The van der Waals surface area contributed by atoms with E-state index in [1.807, 2.05) is 30.3 Å². The summed E-state index contributed by atoms with van der Waals surface area (Å²) in [5.41, 5.74) is 6.66. The molecular formula is C16H18FN3O3S. The number of rotatable bonds is 6. The predicted octanol–water partition coefficient (Wildman–Crippen LogP) is 1.67. The van der Waals surface area contributed by atoms with E-state index in [1.165, 1.54) is 19.2 Å². The maximum atomic E-state index is 13.6. The first kappa shape index (κ1) is 17.7. The Morgan fingerprint density at radius 3 is 2.58 bits per heavy atom. The Morgan fingerprint density at radius 2 is 1.96 bits per heavy atom. The van der Waals surface area contributed by atoms with Gasteiger partial charge in [0.25, 0.3) is 10.0 Å². The monoisotopic (exact) mass is 351 g/mol. The molecule has 0 spiro atoms. The Bertz CT molecular complexity index is 824. The molecule has 0 aromatic heterocycles. The third-order valence-electron chi connectivity index (χ3n) is 3.20. The molecule has 6 nitrogen and oxygen atoms in total. The summed E-state index contributed by atoms with van der Waals surface area (Å²) >= 11 is 0. The van der Waals surface area contributed by atoms with E-state index < -0.39 is 15.8 Å². The zero-order valence-electron chi connectivity index (χ0n) is 13.1. The van der Waals surface area contributed by atoms with Crippen molar-refractivity contribution in [2.45, 2.75) is 11.3 Å². The molecule has 2 aromatic rings. The molecule has 0 fully saturated rings. The minimum atomic E-state index is -4.00.